The molecule has 302 valence electrons. The van der Waals surface area contributed by atoms with Crippen LogP contribution in [0.1, 0.15) is 105 Å². The molecule has 8 nitrogen and oxygen atoms in total. The van der Waals surface area contributed by atoms with Crippen molar-refractivity contribution < 1.29 is 23.0 Å². The van der Waals surface area contributed by atoms with Crippen molar-refractivity contribution in [1.82, 2.24) is 14.9 Å². The molecule has 4 aromatic rings. The van der Waals surface area contributed by atoms with E-state index in [1.807, 2.05) is 42.2 Å². The molecule has 1 amide bonds. The van der Waals surface area contributed by atoms with Gasteiger partial charge in [-0.1, -0.05) is 0 Å². The molecule has 0 saturated heterocycles. The standard InChI is InChI=1S/C33H34F2N5O3.3C4H9.Sn/c1-21-26(4-3-5-29(21)39-33(41)27-13-10-24(18-28(27)35)23-8-9-23)30-31(32(36)38-20-37-30)43-17-16-40(15-14-34)19-22-6-11-25(42-2)12-7-22;3*1-3-4-2;/h4-7,10-13,18,20,23H,8-9,14-17,19H2,1-2H3,(H,39,41)(H2,36,37,38);3*1,3-4H2,2H3;. The molecule has 0 atom stereocenters. The molecule has 1 aliphatic carbocycles. The molecule has 1 heterocycles. The van der Waals surface area contributed by atoms with Crippen LogP contribution in [-0.2, 0) is 6.54 Å². The van der Waals surface area contributed by atoms with E-state index in [2.05, 4.69) is 43.2 Å². The minimum absolute atomic E-state index is 0.0289. The third-order valence-electron chi connectivity index (χ3n) is 11.3. The Morgan fingerprint density at radius 1 is 0.946 bits per heavy atom. The second kappa shape index (κ2) is 21.1. The molecule has 5 rings (SSSR count). The normalized spacial score (nSPS) is 12.9. The number of nitrogen functional groups attached to an aromatic ring is 1. The quantitative estimate of drug-likeness (QED) is 0.0716. The van der Waals surface area contributed by atoms with Crippen LogP contribution in [0.4, 0.5) is 20.3 Å². The van der Waals surface area contributed by atoms with E-state index in [-0.39, 0.29) is 24.5 Å². The van der Waals surface area contributed by atoms with E-state index in [9.17, 15) is 9.18 Å². The molecule has 0 radical (unpaired) electrons. The summed E-state index contributed by atoms with van der Waals surface area (Å²) in [7, 11) is 1.63. The number of nitrogens with zero attached hydrogens (tertiary/aromatic N) is 3. The number of methoxy groups -OCH3 is 1. The summed E-state index contributed by atoms with van der Waals surface area (Å²) in [6, 6.07) is 17.2. The van der Waals surface area contributed by atoms with E-state index in [1.54, 1.807) is 13.2 Å². The fourth-order valence-electron chi connectivity index (χ4n) is 7.70. The molecule has 11 heteroatoms. The number of unbranched alkanes of at least 4 members (excludes halogenated alkanes) is 3. The minimum atomic E-state index is -3.14. The van der Waals surface area contributed by atoms with E-state index < -0.39 is 36.8 Å². The van der Waals surface area contributed by atoms with Gasteiger partial charge in [-0.05, 0) is 12.1 Å². The molecule has 0 bridgehead atoms. The van der Waals surface area contributed by atoms with Crippen molar-refractivity contribution in [2.45, 2.75) is 105 Å². The van der Waals surface area contributed by atoms with Crippen molar-refractivity contribution in [2.75, 3.05) is 44.5 Å². The zero-order valence-corrected chi connectivity index (χ0v) is 36.9. The third kappa shape index (κ3) is 11.2. The van der Waals surface area contributed by atoms with E-state index in [0.29, 0.717) is 36.1 Å². The molecule has 0 unspecified atom stereocenters. The van der Waals surface area contributed by atoms with E-state index in [0.717, 1.165) is 79.4 Å². The van der Waals surface area contributed by atoms with Crippen LogP contribution in [0.5, 0.6) is 11.5 Å². The van der Waals surface area contributed by atoms with Crippen LogP contribution < -0.4 is 24.1 Å². The first kappa shape index (κ1) is 43.4. The van der Waals surface area contributed by atoms with Crippen LogP contribution in [0, 0.1) is 12.7 Å². The SMILES string of the molecule is CCC[CH2][Sn]([CH2]CCC)([CH2]CCC)[c]1cc(NC(=O)c2ccc(C3CC3)cc2F)c(C)c(-c2ncnc(N)c2OCCN(CCF)Cc2ccc(OC)cc2)c1. The fraction of sp³-hybridized carbons (Fsp3) is 0.489. The number of nitrogens with one attached hydrogen (secondary N) is 1. The molecule has 0 spiro atoms. The van der Waals surface area contributed by atoms with Gasteiger partial charge in [-0.3, -0.25) is 0 Å². The van der Waals surface area contributed by atoms with Crippen molar-refractivity contribution in [1.29, 1.82) is 0 Å². The second-order valence-corrected chi connectivity index (χ2v) is 28.6. The van der Waals surface area contributed by atoms with Crippen molar-refractivity contribution >= 4 is 39.4 Å². The summed E-state index contributed by atoms with van der Waals surface area (Å²) in [5, 5.41) is 3.15. The molecular formula is C45H61F2N5O3Sn. The average molecular weight is 877 g/mol. The predicted molar refractivity (Wildman–Crippen MR) is 227 cm³/mol. The van der Waals surface area contributed by atoms with Gasteiger partial charge < -0.3 is 4.74 Å². The Labute approximate surface area is 336 Å². The first-order valence-electron chi connectivity index (χ1n) is 20.6. The molecule has 1 saturated carbocycles. The number of halogens is 2. The Bertz CT molecular complexity index is 1870. The third-order valence-corrected chi connectivity index (χ3v) is 26.8. The number of aromatic nitrogens is 2. The van der Waals surface area contributed by atoms with Gasteiger partial charge in [0.15, 0.2) is 0 Å². The Kier molecular flexibility index (Phi) is 16.3. The monoisotopic (exact) mass is 877 g/mol. The van der Waals surface area contributed by atoms with Gasteiger partial charge in [0.2, 0.25) is 0 Å². The van der Waals surface area contributed by atoms with E-state index in [1.165, 1.54) is 29.3 Å². The number of hydrogen-bond donors (Lipinski definition) is 2. The predicted octanol–water partition coefficient (Wildman–Crippen LogP) is 10.2. The summed E-state index contributed by atoms with van der Waals surface area (Å²) in [5.74, 6) is 0.726. The van der Waals surface area contributed by atoms with Crippen molar-refractivity contribution in [2.24, 2.45) is 0 Å². The number of anilines is 2. The van der Waals surface area contributed by atoms with Crippen LogP contribution in [0.3, 0.4) is 0 Å². The number of rotatable bonds is 23. The number of amides is 1. The number of benzene rings is 3. The van der Waals surface area contributed by atoms with Gasteiger partial charge in [0.25, 0.3) is 0 Å². The van der Waals surface area contributed by atoms with Crippen LogP contribution in [0.25, 0.3) is 11.3 Å². The molecule has 0 aliphatic heterocycles. The first-order valence-corrected chi connectivity index (χ1v) is 28.1. The molecule has 1 aromatic heterocycles. The molecule has 1 fully saturated rings. The van der Waals surface area contributed by atoms with Gasteiger partial charge in [0, 0.05) is 0 Å². The molecular weight excluding hydrogens is 815 g/mol. The van der Waals surface area contributed by atoms with Gasteiger partial charge >= 0.3 is 309 Å². The van der Waals surface area contributed by atoms with Gasteiger partial charge in [-0.2, -0.15) is 0 Å². The number of nitrogens with two attached hydrogens (primary N) is 1. The zero-order chi connectivity index (χ0) is 40.1. The van der Waals surface area contributed by atoms with Crippen LogP contribution in [0.15, 0.2) is 60.9 Å². The average Bonchev–Trinajstić information content (AvgIpc) is 4.06. The topological polar surface area (TPSA) is 103 Å². The number of carbonyl (C=O) groups is 1. The summed E-state index contributed by atoms with van der Waals surface area (Å²) >= 11 is -3.14. The van der Waals surface area contributed by atoms with E-state index >= 15 is 4.39 Å². The number of hydrogen-bond acceptors (Lipinski definition) is 7. The van der Waals surface area contributed by atoms with E-state index in [4.69, 9.17) is 20.2 Å². The van der Waals surface area contributed by atoms with Gasteiger partial charge in [0.05, 0.1) is 7.11 Å². The number of alkyl halides is 1. The Morgan fingerprint density at radius 3 is 2.21 bits per heavy atom. The van der Waals surface area contributed by atoms with Crippen molar-refractivity contribution in [3.05, 3.63) is 89.0 Å². The molecule has 56 heavy (non-hydrogen) atoms. The summed E-state index contributed by atoms with van der Waals surface area (Å²) in [6.07, 6.45) is 10.4. The maximum atomic E-state index is 15.5. The molecule has 3 aromatic carbocycles. The Balaban J connectivity index is 1.54. The second-order valence-electron chi connectivity index (χ2n) is 15.4. The summed E-state index contributed by atoms with van der Waals surface area (Å²) < 4.78 is 45.9. The molecule has 1 aliphatic rings. The van der Waals surface area contributed by atoms with Gasteiger partial charge in [0.1, 0.15) is 5.75 Å². The summed E-state index contributed by atoms with van der Waals surface area (Å²) in [5.41, 5.74) is 11.4. The summed E-state index contributed by atoms with van der Waals surface area (Å²) in [6.45, 7) is 9.70. The van der Waals surface area contributed by atoms with Crippen LogP contribution in [0.2, 0.25) is 13.3 Å². The maximum absolute atomic E-state index is 15.5. The summed E-state index contributed by atoms with van der Waals surface area (Å²) in [4.78, 5) is 25.0. The number of carbonyl (C=O) groups excluding carboxylic acids is 1. The number of ether oxygens (including phenoxy) is 2. The first-order chi connectivity index (χ1) is 27.2. The Hall–Kier alpha value is -3.77. The van der Waals surface area contributed by atoms with Crippen molar-refractivity contribution in [3.63, 3.8) is 0 Å². The van der Waals surface area contributed by atoms with Crippen molar-refractivity contribution in [3.8, 4) is 22.8 Å². The van der Waals surface area contributed by atoms with Crippen LogP contribution >= 0.6 is 0 Å². The van der Waals surface area contributed by atoms with Gasteiger partial charge in [-0.25, -0.2) is 0 Å². The molecule has 3 N–H and O–H groups in total. The fourth-order valence-corrected chi connectivity index (χ4v) is 23.7. The Morgan fingerprint density at radius 2 is 1.62 bits per heavy atom. The van der Waals surface area contributed by atoms with Gasteiger partial charge in [-0.15, -0.1) is 0 Å². The zero-order valence-electron chi connectivity index (χ0n) is 34.1. The van der Waals surface area contributed by atoms with Crippen LogP contribution in [-0.4, -0.2) is 72.6 Å².